The molecule has 4 nitrogen and oxygen atoms in total. The lowest BCUT2D eigenvalue weighted by atomic mass is 10.1. The fraction of sp³-hybridized carbons (Fsp3) is 0.100. The number of hydrogen-bond acceptors (Lipinski definition) is 3. The number of benzene rings is 1. The molecule has 0 amide bonds. The van der Waals surface area contributed by atoms with Gasteiger partial charge < -0.3 is 0 Å². The molecular formula is C10H8NO3. The minimum atomic E-state index is -0.514. The monoisotopic (exact) mass is 190 g/mol. The Bertz CT molecular complexity index is 385. The summed E-state index contributed by atoms with van der Waals surface area (Å²) in [4.78, 5) is 20.4. The van der Waals surface area contributed by atoms with Gasteiger partial charge in [-0.25, -0.2) is 0 Å². The molecular weight excluding hydrogens is 182 g/mol. The third kappa shape index (κ3) is 2.04. The molecule has 0 unspecified atom stereocenters. The van der Waals surface area contributed by atoms with E-state index in [2.05, 4.69) is 6.58 Å². The summed E-state index contributed by atoms with van der Waals surface area (Å²) >= 11 is 0. The van der Waals surface area contributed by atoms with E-state index in [9.17, 15) is 14.9 Å². The van der Waals surface area contributed by atoms with E-state index in [0.717, 1.165) is 0 Å². The molecule has 0 heterocycles. The molecule has 1 aromatic rings. The summed E-state index contributed by atoms with van der Waals surface area (Å²) in [5.41, 5.74) is 0.666. The molecule has 1 radical (unpaired) electrons. The third-order valence-electron chi connectivity index (χ3n) is 1.76. The Labute approximate surface area is 81.0 Å². The smallest absolute Gasteiger partial charge is 0.273 e. The molecule has 14 heavy (non-hydrogen) atoms. The van der Waals surface area contributed by atoms with E-state index < -0.39 is 4.92 Å². The number of rotatable bonds is 4. The first-order chi connectivity index (χ1) is 6.69. The van der Waals surface area contributed by atoms with E-state index in [0.29, 0.717) is 12.0 Å². The fourth-order valence-corrected chi connectivity index (χ4v) is 1.13. The molecule has 0 spiro atoms. The molecule has 1 aromatic carbocycles. The normalized spacial score (nSPS) is 9.43. The zero-order valence-electron chi connectivity index (χ0n) is 7.40. The van der Waals surface area contributed by atoms with Crippen LogP contribution in [0.1, 0.15) is 11.1 Å². The zero-order chi connectivity index (χ0) is 10.6. The Kier molecular flexibility index (Phi) is 3.12. The molecule has 0 aromatic heterocycles. The Morgan fingerprint density at radius 1 is 1.57 bits per heavy atom. The number of carbonyl (C=O) groups excluding carboxylic acids is 1. The highest BCUT2D eigenvalue weighted by Crippen LogP contribution is 2.20. The Balaban J connectivity index is 3.22. The Morgan fingerprint density at radius 3 is 2.79 bits per heavy atom. The standard InChI is InChI=1S/C10H8NO3/c1-2-3-9-5-4-8(7-12)6-10(9)11(13)14/h2,4-6H,1,3H2. The second-order valence-corrected chi connectivity index (χ2v) is 2.70. The highest BCUT2D eigenvalue weighted by molar-refractivity contribution is 5.77. The SMILES string of the molecule is C=CCc1ccc([C]=O)cc1[N+](=O)[O-]. The van der Waals surface area contributed by atoms with Crippen LogP contribution in [0.25, 0.3) is 0 Å². The first-order valence-corrected chi connectivity index (χ1v) is 3.95. The third-order valence-corrected chi connectivity index (χ3v) is 1.76. The van der Waals surface area contributed by atoms with Crippen molar-refractivity contribution in [2.75, 3.05) is 0 Å². The van der Waals surface area contributed by atoms with Gasteiger partial charge in [-0.2, -0.15) is 0 Å². The molecule has 0 saturated heterocycles. The number of hydrogen-bond donors (Lipinski definition) is 0. The first-order valence-electron chi connectivity index (χ1n) is 3.95. The van der Waals surface area contributed by atoms with Crippen LogP contribution in [0.5, 0.6) is 0 Å². The van der Waals surface area contributed by atoms with Gasteiger partial charge in [0.15, 0.2) is 0 Å². The van der Waals surface area contributed by atoms with E-state index in [1.54, 1.807) is 18.4 Å². The molecule has 0 saturated carbocycles. The van der Waals surface area contributed by atoms with Gasteiger partial charge in [-0.15, -0.1) is 6.58 Å². The maximum absolute atomic E-state index is 10.6. The lowest BCUT2D eigenvalue weighted by Crippen LogP contribution is -1.96. The minimum Gasteiger partial charge on any atom is -0.285 e. The van der Waals surface area contributed by atoms with Crippen LogP contribution in [-0.4, -0.2) is 11.2 Å². The van der Waals surface area contributed by atoms with Crippen LogP contribution in [0, 0.1) is 10.1 Å². The topological polar surface area (TPSA) is 60.2 Å². The van der Waals surface area contributed by atoms with Crippen molar-refractivity contribution in [2.24, 2.45) is 0 Å². The second-order valence-electron chi connectivity index (χ2n) is 2.70. The van der Waals surface area contributed by atoms with Gasteiger partial charge in [-0.05, 0) is 6.42 Å². The molecule has 1 rings (SSSR count). The van der Waals surface area contributed by atoms with Crippen LogP contribution in [0.3, 0.4) is 0 Å². The molecule has 0 N–H and O–H groups in total. The number of nitrogens with zero attached hydrogens (tertiary/aromatic N) is 1. The van der Waals surface area contributed by atoms with E-state index >= 15 is 0 Å². The van der Waals surface area contributed by atoms with Crippen molar-refractivity contribution in [3.05, 3.63) is 52.1 Å². The number of nitro groups is 1. The van der Waals surface area contributed by atoms with E-state index in [4.69, 9.17) is 0 Å². The Hall–Kier alpha value is -1.97. The van der Waals surface area contributed by atoms with Gasteiger partial charge in [0, 0.05) is 17.2 Å². The highest BCUT2D eigenvalue weighted by Gasteiger charge is 2.12. The summed E-state index contributed by atoms with van der Waals surface area (Å²) in [6, 6.07) is 4.25. The number of allylic oxidation sites excluding steroid dienone is 1. The van der Waals surface area contributed by atoms with Crippen LogP contribution in [0.4, 0.5) is 5.69 Å². The highest BCUT2D eigenvalue weighted by atomic mass is 16.6. The molecule has 0 aliphatic carbocycles. The molecule has 0 aliphatic heterocycles. The molecule has 4 heteroatoms. The van der Waals surface area contributed by atoms with E-state index in [-0.39, 0.29) is 11.3 Å². The van der Waals surface area contributed by atoms with Crippen molar-refractivity contribution in [1.29, 1.82) is 0 Å². The minimum absolute atomic E-state index is 0.0641. The molecule has 0 bridgehead atoms. The van der Waals surface area contributed by atoms with Gasteiger partial charge in [0.1, 0.15) is 0 Å². The van der Waals surface area contributed by atoms with Crippen LogP contribution in [0.2, 0.25) is 0 Å². The molecule has 0 aliphatic rings. The summed E-state index contributed by atoms with van der Waals surface area (Å²) in [6.07, 6.45) is 3.60. The summed E-state index contributed by atoms with van der Waals surface area (Å²) < 4.78 is 0. The summed E-state index contributed by atoms with van der Waals surface area (Å²) in [7, 11) is 0. The number of nitro benzene ring substituents is 1. The zero-order valence-corrected chi connectivity index (χ0v) is 7.40. The average molecular weight is 190 g/mol. The van der Waals surface area contributed by atoms with Gasteiger partial charge in [0.2, 0.25) is 6.29 Å². The van der Waals surface area contributed by atoms with Gasteiger partial charge in [0.05, 0.1) is 4.92 Å². The van der Waals surface area contributed by atoms with Crippen LogP contribution >= 0.6 is 0 Å². The summed E-state index contributed by atoms with van der Waals surface area (Å²) in [5.74, 6) is 0. The lowest BCUT2D eigenvalue weighted by Gasteiger charge is -1.99. The van der Waals surface area contributed by atoms with Crippen LogP contribution in [-0.2, 0) is 11.2 Å². The summed E-state index contributed by atoms with van der Waals surface area (Å²) in [5, 5.41) is 10.6. The van der Waals surface area contributed by atoms with E-state index in [1.165, 1.54) is 12.1 Å². The van der Waals surface area contributed by atoms with Crippen molar-refractivity contribution in [3.63, 3.8) is 0 Å². The molecule has 0 atom stereocenters. The quantitative estimate of drug-likeness (QED) is 0.413. The maximum atomic E-state index is 10.6. The van der Waals surface area contributed by atoms with Gasteiger partial charge >= 0.3 is 0 Å². The van der Waals surface area contributed by atoms with Crippen LogP contribution in [0.15, 0.2) is 30.9 Å². The van der Waals surface area contributed by atoms with Gasteiger partial charge in [-0.1, -0.05) is 18.2 Å². The molecule has 71 valence electrons. The first kappa shape index (κ1) is 10.1. The molecule has 0 fully saturated rings. The largest absolute Gasteiger partial charge is 0.285 e. The average Bonchev–Trinajstić information content (AvgIpc) is 2.18. The van der Waals surface area contributed by atoms with E-state index in [1.807, 2.05) is 0 Å². The maximum Gasteiger partial charge on any atom is 0.273 e. The van der Waals surface area contributed by atoms with Crippen LogP contribution < -0.4 is 0 Å². The summed E-state index contributed by atoms with van der Waals surface area (Å²) in [6.45, 7) is 3.50. The van der Waals surface area contributed by atoms with Gasteiger partial charge in [0.25, 0.3) is 5.69 Å². The van der Waals surface area contributed by atoms with Crippen molar-refractivity contribution in [1.82, 2.24) is 0 Å². The second kappa shape index (κ2) is 4.32. The van der Waals surface area contributed by atoms with Crippen molar-refractivity contribution in [3.8, 4) is 0 Å². The van der Waals surface area contributed by atoms with Crippen molar-refractivity contribution in [2.45, 2.75) is 6.42 Å². The predicted octanol–water partition coefficient (Wildman–Crippen LogP) is 1.78. The predicted molar refractivity (Wildman–Crippen MR) is 51.8 cm³/mol. The fourth-order valence-electron chi connectivity index (χ4n) is 1.13. The van der Waals surface area contributed by atoms with Gasteiger partial charge in [-0.3, -0.25) is 14.9 Å². The Morgan fingerprint density at radius 2 is 2.29 bits per heavy atom. The van der Waals surface area contributed by atoms with Crippen molar-refractivity contribution < 1.29 is 9.72 Å². The lowest BCUT2D eigenvalue weighted by molar-refractivity contribution is -0.385. The van der Waals surface area contributed by atoms with Crippen molar-refractivity contribution >= 4 is 12.0 Å².